The molecule has 7 heteroatoms. The summed E-state index contributed by atoms with van der Waals surface area (Å²) in [5.41, 5.74) is 4.01. The van der Waals surface area contributed by atoms with E-state index in [9.17, 15) is 14.4 Å². The summed E-state index contributed by atoms with van der Waals surface area (Å²) in [6, 6.07) is 16.5. The average molecular weight is 465 g/mol. The lowest BCUT2D eigenvalue weighted by Crippen LogP contribution is -2.34. The minimum absolute atomic E-state index is 0.0338. The first-order chi connectivity index (χ1) is 16.4. The van der Waals surface area contributed by atoms with Gasteiger partial charge in [-0.2, -0.15) is 0 Å². The van der Waals surface area contributed by atoms with Crippen molar-refractivity contribution >= 4 is 18.0 Å². The molecule has 0 spiro atoms. The molecule has 4 rings (SSSR count). The fraction of sp³-hybridized carbons (Fsp3) is 0.444. The van der Waals surface area contributed by atoms with Crippen LogP contribution < -0.4 is 10.6 Å². The van der Waals surface area contributed by atoms with Crippen molar-refractivity contribution in [2.45, 2.75) is 44.9 Å². The lowest BCUT2D eigenvalue weighted by atomic mass is 9.98. The molecule has 1 saturated carbocycles. The number of benzene rings is 2. The third kappa shape index (κ3) is 5.41. The molecule has 0 aromatic heterocycles. The molecule has 2 aromatic rings. The molecule has 0 bridgehead atoms. The van der Waals surface area contributed by atoms with Gasteiger partial charge in [-0.3, -0.25) is 9.59 Å². The number of carbonyl (C=O) groups is 3. The van der Waals surface area contributed by atoms with Crippen LogP contribution in [0.1, 0.15) is 56.1 Å². The standard InChI is InChI=1S/C27H32N2O5/c1-18(10-11-24(30)29-17-27(13-14-27)25(31)32)12-15-28-26(33)34-16-23-21-8-4-2-6-19(21)20-7-3-5-9-22(20)23/h2-9,18,23H,10-17H2,1H3,(H,28,33)(H,29,30)(H,31,32). The zero-order valence-corrected chi connectivity index (χ0v) is 19.5. The molecule has 34 heavy (non-hydrogen) atoms. The van der Waals surface area contributed by atoms with Crippen LogP contribution in [0.4, 0.5) is 4.79 Å². The van der Waals surface area contributed by atoms with Crippen molar-refractivity contribution in [3.63, 3.8) is 0 Å². The fourth-order valence-electron chi connectivity index (χ4n) is 4.57. The highest BCUT2D eigenvalue weighted by molar-refractivity contribution is 5.81. The Balaban J connectivity index is 1.14. The van der Waals surface area contributed by atoms with Gasteiger partial charge in [-0.15, -0.1) is 0 Å². The molecule has 0 radical (unpaired) electrons. The van der Waals surface area contributed by atoms with Crippen molar-refractivity contribution in [3.8, 4) is 11.1 Å². The summed E-state index contributed by atoms with van der Waals surface area (Å²) in [6.07, 6.45) is 2.58. The van der Waals surface area contributed by atoms with E-state index >= 15 is 0 Å². The molecule has 2 aromatic carbocycles. The van der Waals surface area contributed by atoms with Crippen molar-refractivity contribution in [1.82, 2.24) is 10.6 Å². The van der Waals surface area contributed by atoms with Crippen LogP contribution in [0.15, 0.2) is 48.5 Å². The summed E-state index contributed by atoms with van der Waals surface area (Å²) >= 11 is 0. The number of alkyl carbamates (subject to hydrolysis) is 1. The number of aliphatic carboxylic acids is 1. The van der Waals surface area contributed by atoms with E-state index in [1.165, 1.54) is 22.3 Å². The lowest BCUT2D eigenvalue weighted by Gasteiger charge is -2.16. The van der Waals surface area contributed by atoms with Crippen LogP contribution in [0.25, 0.3) is 11.1 Å². The van der Waals surface area contributed by atoms with Gasteiger partial charge in [0.25, 0.3) is 0 Å². The van der Waals surface area contributed by atoms with Crippen molar-refractivity contribution in [2.75, 3.05) is 19.7 Å². The first-order valence-electron chi connectivity index (χ1n) is 12.0. The van der Waals surface area contributed by atoms with Gasteiger partial charge in [-0.1, -0.05) is 55.5 Å². The Kier molecular flexibility index (Phi) is 7.20. The van der Waals surface area contributed by atoms with E-state index in [-0.39, 0.29) is 30.9 Å². The topological polar surface area (TPSA) is 105 Å². The number of carbonyl (C=O) groups excluding carboxylic acids is 2. The third-order valence-electron chi connectivity index (χ3n) is 7.05. The highest BCUT2D eigenvalue weighted by Gasteiger charge is 2.50. The van der Waals surface area contributed by atoms with Gasteiger partial charge in [-0.25, -0.2) is 4.79 Å². The zero-order valence-electron chi connectivity index (χ0n) is 19.5. The Hall–Kier alpha value is -3.35. The van der Waals surface area contributed by atoms with Gasteiger partial charge in [0.15, 0.2) is 0 Å². The maximum Gasteiger partial charge on any atom is 0.407 e. The second kappa shape index (κ2) is 10.3. The second-order valence-electron chi connectivity index (χ2n) is 9.55. The van der Waals surface area contributed by atoms with Crippen molar-refractivity contribution in [3.05, 3.63) is 59.7 Å². The number of ether oxygens (including phenoxy) is 1. The van der Waals surface area contributed by atoms with E-state index in [0.29, 0.717) is 32.2 Å². The van der Waals surface area contributed by atoms with E-state index in [1.807, 2.05) is 31.2 Å². The molecule has 1 unspecified atom stereocenters. The van der Waals surface area contributed by atoms with Gasteiger partial charge in [0.1, 0.15) is 6.61 Å². The summed E-state index contributed by atoms with van der Waals surface area (Å²) in [4.78, 5) is 35.5. The highest BCUT2D eigenvalue weighted by Crippen LogP contribution is 2.45. The van der Waals surface area contributed by atoms with E-state index in [2.05, 4.69) is 34.9 Å². The Labute approximate surface area is 199 Å². The molecule has 0 saturated heterocycles. The van der Waals surface area contributed by atoms with Gasteiger partial charge in [-0.05, 0) is 53.9 Å². The number of rotatable bonds is 11. The molecule has 1 fully saturated rings. The van der Waals surface area contributed by atoms with Crippen LogP contribution in [0.2, 0.25) is 0 Å². The Morgan fingerprint density at radius 3 is 2.21 bits per heavy atom. The van der Waals surface area contributed by atoms with E-state index in [4.69, 9.17) is 9.84 Å². The summed E-state index contributed by atoms with van der Waals surface area (Å²) < 4.78 is 5.55. The molecule has 7 nitrogen and oxygen atoms in total. The largest absolute Gasteiger partial charge is 0.481 e. The predicted molar refractivity (Wildman–Crippen MR) is 128 cm³/mol. The molecule has 1 atom stereocenters. The number of fused-ring (bicyclic) bond motifs is 3. The van der Waals surface area contributed by atoms with Crippen LogP contribution >= 0.6 is 0 Å². The Morgan fingerprint density at radius 1 is 1.00 bits per heavy atom. The first kappa shape index (κ1) is 23.8. The quantitative estimate of drug-likeness (QED) is 0.460. The molecule has 0 heterocycles. The van der Waals surface area contributed by atoms with Gasteiger partial charge < -0.3 is 20.5 Å². The van der Waals surface area contributed by atoms with Crippen molar-refractivity contribution < 1.29 is 24.2 Å². The molecular formula is C27H32N2O5. The zero-order chi connectivity index (χ0) is 24.1. The van der Waals surface area contributed by atoms with Crippen LogP contribution in [0, 0.1) is 11.3 Å². The summed E-state index contributed by atoms with van der Waals surface area (Å²) in [5, 5.41) is 14.7. The number of nitrogens with one attached hydrogen (secondary N) is 2. The number of carboxylic acid groups (broad SMARTS) is 1. The lowest BCUT2D eigenvalue weighted by molar-refractivity contribution is -0.143. The molecule has 3 N–H and O–H groups in total. The van der Waals surface area contributed by atoms with Gasteiger partial charge in [0, 0.05) is 25.4 Å². The monoisotopic (exact) mass is 464 g/mol. The molecular weight excluding hydrogens is 432 g/mol. The van der Waals surface area contributed by atoms with E-state index in [0.717, 1.165) is 6.42 Å². The summed E-state index contributed by atoms with van der Waals surface area (Å²) in [6.45, 7) is 3.00. The molecule has 2 amide bonds. The van der Waals surface area contributed by atoms with Crippen LogP contribution in [0.5, 0.6) is 0 Å². The van der Waals surface area contributed by atoms with Crippen LogP contribution in [-0.2, 0) is 14.3 Å². The van der Waals surface area contributed by atoms with E-state index < -0.39 is 17.5 Å². The second-order valence-corrected chi connectivity index (χ2v) is 9.55. The summed E-state index contributed by atoms with van der Waals surface area (Å²) in [7, 11) is 0. The van der Waals surface area contributed by atoms with E-state index in [1.54, 1.807) is 0 Å². The first-order valence-corrected chi connectivity index (χ1v) is 12.0. The van der Waals surface area contributed by atoms with Gasteiger partial charge >= 0.3 is 12.1 Å². The van der Waals surface area contributed by atoms with Crippen LogP contribution in [0.3, 0.4) is 0 Å². The Bertz CT molecular complexity index is 1020. The van der Waals surface area contributed by atoms with Crippen molar-refractivity contribution in [2.24, 2.45) is 11.3 Å². The molecule has 0 aliphatic heterocycles. The SMILES string of the molecule is CC(CCNC(=O)OCC1c2ccccc2-c2ccccc21)CCC(=O)NCC1(C(=O)O)CC1. The number of hydrogen-bond donors (Lipinski definition) is 3. The number of amides is 2. The smallest absolute Gasteiger partial charge is 0.407 e. The minimum atomic E-state index is -0.833. The maximum atomic E-state index is 12.3. The number of hydrogen-bond acceptors (Lipinski definition) is 4. The van der Waals surface area contributed by atoms with Crippen LogP contribution in [-0.4, -0.2) is 42.8 Å². The average Bonchev–Trinajstić information content (AvgIpc) is 3.57. The predicted octanol–water partition coefficient (Wildman–Crippen LogP) is 4.31. The third-order valence-corrected chi connectivity index (χ3v) is 7.05. The number of carboxylic acids is 1. The normalized spacial score (nSPS) is 16.1. The fourth-order valence-corrected chi connectivity index (χ4v) is 4.57. The van der Waals surface area contributed by atoms with Crippen molar-refractivity contribution in [1.29, 1.82) is 0 Å². The highest BCUT2D eigenvalue weighted by atomic mass is 16.5. The Morgan fingerprint density at radius 2 is 1.62 bits per heavy atom. The summed E-state index contributed by atoms with van der Waals surface area (Å²) in [5.74, 6) is -0.676. The maximum absolute atomic E-state index is 12.3. The van der Waals surface area contributed by atoms with Gasteiger partial charge in [0.2, 0.25) is 5.91 Å². The van der Waals surface area contributed by atoms with Gasteiger partial charge in [0.05, 0.1) is 5.41 Å². The minimum Gasteiger partial charge on any atom is -0.481 e. The molecule has 2 aliphatic rings. The molecule has 2 aliphatic carbocycles. The molecule has 180 valence electrons.